The lowest BCUT2D eigenvalue weighted by Crippen LogP contribution is -2.48. The first-order valence-electron chi connectivity index (χ1n) is 8.75. The van der Waals surface area contributed by atoms with E-state index >= 15 is 0 Å². The number of carbonyl (C=O) groups excluding carboxylic acids is 1. The van der Waals surface area contributed by atoms with Gasteiger partial charge in [0.2, 0.25) is 0 Å². The molecule has 1 N–H and O–H groups in total. The van der Waals surface area contributed by atoms with Crippen molar-refractivity contribution in [2.45, 2.75) is 59.6 Å². The van der Waals surface area contributed by atoms with Crippen molar-refractivity contribution in [2.24, 2.45) is 0 Å². The molecular formula is C19H31N2O2P. The molecular weight excluding hydrogens is 319 g/mol. The van der Waals surface area contributed by atoms with Crippen LogP contribution in [0.2, 0.25) is 0 Å². The Bertz CT molecular complexity index is 595. The van der Waals surface area contributed by atoms with Crippen LogP contribution < -0.4 is 15.4 Å². The zero-order chi connectivity index (χ0) is 18.0. The SMILES string of the molecule is Cc1c(C)c(OC(C)C(=O)N(C)C2CCNCC2)c(C)c(C)c1P. The summed E-state index contributed by atoms with van der Waals surface area (Å²) in [5.74, 6) is 0.918. The molecule has 2 unspecified atom stereocenters. The molecule has 1 aliphatic rings. The fourth-order valence-corrected chi connectivity index (χ4v) is 3.80. The van der Waals surface area contributed by atoms with E-state index in [1.165, 1.54) is 16.4 Å². The quantitative estimate of drug-likeness (QED) is 0.848. The predicted octanol–water partition coefficient (Wildman–Crippen LogP) is 2.40. The Kier molecular flexibility index (Phi) is 6.28. The molecule has 0 aromatic heterocycles. The average molecular weight is 350 g/mol. The number of rotatable bonds is 4. The standard InChI is InChI=1S/C19H31N2O2P/c1-11-13(3)18(24)14(4)12(2)17(11)23-15(5)19(22)21(6)16-7-9-20-10-8-16/h15-16,20H,7-10,24H2,1-6H3. The van der Waals surface area contributed by atoms with Gasteiger partial charge >= 0.3 is 0 Å². The van der Waals surface area contributed by atoms with Gasteiger partial charge in [-0.2, -0.15) is 0 Å². The second kappa shape index (κ2) is 7.84. The first-order chi connectivity index (χ1) is 11.3. The number of piperidine rings is 1. The summed E-state index contributed by atoms with van der Waals surface area (Å²) in [6.07, 6.45) is 1.54. The Morgan fingerprint density at radius 1 is 1.12 bits per heavy atom. The maximum atomic E-state index is 12.8. The van der Waals surface area contributed by atoms with Gasteiger partial charge < -0.3 is 15.0 Å². The molecule has 2 atom stereocenters. The Morgan fingerprint density at radius 2 is 1.62 bits per heavy atom. The third-order valence-electron chi connectivity index (χ3n) is 5.46. The Labute approximate surface area is 148 Å². The molecule has 0 saturated carbocycles. The Balaban J connectivity index is 2.17. The van der Waals surface area contributed by atoms with Crippen LogP contribution >= 0.6 is 9.24 Å². The maximum Gasteiger partial charge on any atom is 0.263 e. The summed E-state index contributed by atoms with van der Waals surface area (Å²) in [4.78, 5) is 14.7. The van der Waals surface area contributed by atoms with E-state index in [2.05, 4.69) is 42.3 Å². The monoisotopic (exact) mass is 350 g/mol. The van der Waals surface area contributed by atoms with Gasteiger partial charge in [0.15, 0.2) is 6.10 Å². The van der Waals surface area contributed by atoms with E-state index in [4.69, 9.17) is 4.74 Å². The fourth-order valence-electron chi connectivity index (χ4n) is 3.37. The highest BCUT2D eigenvalue weighted by Gasteiger charge is 2.27. The lowest BCUT2D eigenvalue weighted by atomic mass is 9.99. The first-order valence-corrected chi connectivity index (χ1v) is 9.33. The van der Waals surface area contributed by atoms with E-state index in [9.17, 15) is 4.79 Å². The molecule has 1 amide bonds. The van der Waals surface area contributed by atoms with Gasteiger partial charge in [0, 0.05) is 13.1 Å². The third kappa shape index (κ3) is 3.75. The maximum absolute atomic E-state index is 12.8. The van der Waals surface area contributed by atoms with Crippen LogP contribution in [0.4, 0.5) is 0 Å². The van der Waals surface area contributed by atoms with Crippen LogP contribution in [0, 0.1) is 27.7 Å². The van der Waals surface area contributed by atoms with Gasteiger partial charge in [-0.15, -0.1) is 9.24 Å². The van der Waals surface area contributed by atoms with Crippen molar-refractivity contribution in [3.63, 3.8) is 0 Å². The van der Waals surface area contributed by atoms with Crippen molar-refractivity contribution in [2.75, 3.05) is 20.1 Å². The minimum absolute atomic E-state index is 0.0611. The van der Waals surface area contributed by atoms with Crippen LogP contribution in [0.5, 0.6) is 5.75 Å². The van der Waals surface area contributed by atoms with Gasteiger partial charge in [-0.05, 0) is 88.1 Å². The van der Waals surface area contributed by atoms with Crippen LogP contribution in [0.1, 0.15) is 42.0 Å². The van der Waals surface area contributed by atoms with Gasteiger partial charge in [0.05, 0.1) is 0 Å². The number of nitrogens with one attached hydrogen (secondary N) is 1. The molecule has 24 heavy (non-hydrogen) atoms. The number of carbonyl (C=O) groups is 1. The number of hydrogen-bond acceptors (Lipinski definition) is 3. The van der Waals surface area contributed by atoms with Gasteiger partial charge in [-0.25, -0.2) is 0 Å². The van der Waals surface area contributed by atoms with Crippen molar-refractivity contribution in [3.8, 4) is 5.75 Å². The summed E-state index contributed by atoms with van der Waals surface area (Å²) < 4.78 is 6.15. The minimum atomic E-state index is -0.476. The van der Waals surface area contributed by atoms with Gasteiger partial charge in [-0.1, -0.05) is 0 Å². The summed E-state index contributed by atoms with van der Waals surface area (Å²) in [7, 11) is 4.72. The summed E-state index contributed by atoms with van der Waals surface area (Å²) in [5.41, 5.74) is 4.66. The van der Waals surface area contributed by atoms with Gasteiger partial charge in [0.25, 0.3) is 5.91 Å². The lowest BCUT2D eigenvalue weighted by molar-refractivity contribution is -0.139. The normalized spacial score (nSPS) is 16.8. The zero-order valence-corrected chi connectivity index (χ0v) is 17.0. The van der Waals surface area contributed by atoms with E-state index in [0.717, 1.165) is 42.8 Å². The highest BCUT2D eigenvalue weighted by Crippen LogP contribution is 2.30. The molecule has 1 aromatic carbocycles. The summed E-state index contributed by atoms with van der Waals surface area (Å²) >= 11 is 0. The average Bonchev–Trinajstić information content (AvgIpc) is 2.61. The molecule has 1 fully saturated rings. The number of likely N-dealkylation sites (N-methyl/N-ethyl adjacent to an activating group) is 1. The second-order valence-electron chi connectivity index (χ2n) is 6.93. The van der Waals surface area contributed by atoms with E-state index < -0.39 is 6.10 Å². The molecule has 1 heterocycles. The van der Waals surface area contributed by atoms with E-state index in [-0.39, 0.29) is 5.91 Å². The minimum Gasteiger partial charge on any atom is -0.480 e. The smallest absolute Gasteiger partial charge is 0.263 e. The number of amides is 1. The van der Waals surface area contributed by atoms with Crippen LogP contribution in [0.25, 0.3) is 0 Å². The van der Waals surface area contributed by atoms with Gasteiger partial charge in [0.1, 0.15) is 5.75 Å². The van der Waals surface area contributed by atoms with E-state index in [1.54, 1.807) is 0 Å². The molecule has 0 bridgehead atoms. The summed E-state index contributed by atoms with van der Waals surface area (Å²) in [6.45, 7) is 12.2. The molecule has 134 valence electrons. The molecule has 1 aliphatic heterocycles. The first kappa shape index (κ1) is 19.2. The van der Waals surface area contributed by atoms with Crippen molar-refractivity contribution < 1.29 is 9.53 Å². The highest BCUT2D eigenvalue weighted by atomic mass is 31.0. The van der Waals surface area contributed by atoms with Crippen LogP contribution in [-0.2, 0) is 4.79 Å². The molecule has 1 aromatic rings. The predicted molar refractivity (Wildman–Crippen MR) is 103 cm³/mol. The largest absolute Gasteiger partial charge is 0.480 e. The third-order valence-corrected chi connectivity index (χ3v) is 6.33. The van der Waals surface area contributed by atoms with Gasteiger partial charge in [-0.3, -0.25) is 4.79 Å². The zero-order valence-electron chi connectivity index (χ0n) is 15.8. The molecule has 5 heteroatoms. The summed E-state index contributed by atoms with van der Waals surface area (Å²) in [5, 5.41) is 4.56. The van der Waals surface area contributed by atoms with Crippen molar-refractivity contribution in [1.29, 1.82) is 0 Å². The molecule has 1 saturated heterocycles. The van der Waals surface area contributed by atoms with Crippen molar-refractivity contribution >= 4 is 20.5 Å². The Hall–Kier alpha value is -1.12. The number of benzene rings is 1. The highest BCUT2D eigenvalue weighted by molar-refractivity contribution is 7.27. The molecule has 0 aliphatic carbocycles. The lowest BCUT2D eigenvalue weighted by Gasteiger charge is -2.33. The second-order valence-corrected chi connectivity index (χ2v) is 7.51. The summed E-state index contributed by atoms with van der Waals surface area (Å²) in [6, 6.07) is 0.310. The van der Waals surface area contributed by atoms with E-state index in [0.29, 0.717) is 6.04 Å². The number of nitrogens with zero attached hydrogens (tertiary/aromatic N) is 1. The topological polar surface area (TPSA) is 41.6 Å². The molecule has 0 radical (unpaired) electrons. The molecule has 2 rings (SSSR count). The van der Waals surface area contributed by atoms with Crippen LogP contribution in [-0.4, -0.2) is 43.1 Å². The molecule has 4 nitrogen and oxygen atoms in total. The van der Waals surface area contributed by atoms with Crippen LogP contribution in [0.3, 0.4) is 0 Å². The van der Waals surface area contributed by atoms with Crippen molar-refractivity contribution in [1.82, 2.24) is 10.2 Å². The fraction of sp³-hybridized carbons (Fsp3) is 0.632. The van der Waals surface area contributed by atoms with Crippen molar-refractivity contribution in [3.05, 3.63) is 22.3 Å². The number of ether oxygens (including phenoxy) is 1. The van der Waals surface area contributed by atoms with E-state index in [1.807, 2.05) is 18.9 Å². The number of hydrogen-bond donors (Lipinski definition) is 1. The Morgan fingerprint density at radius 3 is 2.12 bits per heavy atom. The molecule has 0 spiro atoms. The van der Waals surface area contributed by atoms with Crippen LogP contribution in [0.15, 0.2) is 0 Å².